The van der Waals surface area contributed by atoms with E-state index in [0.29, 0.717) is 11.8 Å². The maximum Gasteiger partial charge on any atom is 0.248 e. The number of nitrogens with two attached hydrogens (primary N) is 1. The Morgan fingerprint density at radius 3 is 2.86 bits per heavy atom. The fraction of sp³-hybridized carbons (Fsp3) is 0.421. The third-order valence-corrected chi connectivity index (χ3v) is 5.44. The first kappa shape index (κ1) is 12.9. The lowest BCUT2D eigenvalue weighted by molar-refractivity contribution is -0.114. The van der Waals surface area contributed by atoms with Crippen LogP contribution in [0.4, 0.5) is 0 Å². The van der Waals surface area contributed by atoms with Gasteiger partial charge in [-0.05, 0) is 60.6 Å². The van der Waals surface area contributed by atoms with Crippen LogP contribution in [0.1, 0.15) is 43.2 Å². The third-order valence-electron chi connectivity index (χ3n) is 5.44. The second-order valence-electron chi connectivity index (χ2n) is 6.64. The molecule has 0 aliphatic heterocycles. The minimum Gasteiger partial charge on any atom is -0.366 e. The predicted octanol–water partition coefficient (Wildman–Crippen LogP) is 3.62. The topological polar surface area (TPSA) is 43.1 Å². The van der Waals surface area contributed by atoms with E-state index in [1.54, 1.807) is 0 Å². The lowest BCUT2D eigenvalue weighted by Gasteiger charge is -2.39. The second kappa shape index (κ2) is 4.87. The maximum absolute atomic E-state index is 12.1. The average molecular weight is 279 g/mol. The number of hydrogen-bond donors (Lipinski definition) is 1. The minimum atomic E-state index is -0.216. The summed E-state index contributed by atoms with van der Waals surface area (Å²) in [5, 5.41) is 0. The number of amides is 1. The van der Waals surface area contributed by atoms with Crippen LogP contribution >= 0.6 is 0 Å². The zero-order chi connectivity index (χ0) is 14.4. The van der Waals surface area contributed by atoms with Crippen LogP contribution in [0, 0.1) is 11.8 Å². The van der Waals surface area contributed by atoms with Crippen molar-refractivity contribution in [2.75, 3.05) is 0 Å². The first-order chi connectivity index (χ1) is 10.2. The highest BCUT2D eigenvalue weighted by atomic mass is 16.1. The summed E-state index contributed by atoms with van der Waals surface area (Å²) < 4.78 is 0. The maximum atomic E-state index is 12.1. The monoisotopic (exact) mass is 279 g/mol. The molecule has 3 aliphatic carbocycles. The highest BCUT2D eigenvalue weighted by Crippen LogP contribution is 2.48. The molecule has 108 valence electrons. The van der Waals surface area contributed by atoms with Gasteiger partial charge in [-0.2, -0.15) is 0 Å². The predicted molar refractivity (Wildman–Crippen MR) is 84.4 cm³/mol. The Kier molecular flexibility index (Phi) is 2.99. The summed E-state index contributed by atoms with van der Waals surface area (Å²) in [5.74, 6) is 0.857. The van der Waals surface area contributed by atoms with E-state index >= 15 is 0 Å². The van der Waals surface area contributed by atoms with Crippen LogP contribution in [0.3, 0.4) is 0 Å². The van der Waals surface area contributed by atoms with Crippen LogP contribution in [0.5, 0.6) is 0 Å². The summed E-state index contributed by atoms with van der Waals surface area (Å²) in [6.45, 7) is 0. The molecule has 21 heavy (non-hydrogen) atoms. The van der Waals surface area contributed by atoms with E-state index in [4.69, 9.17) is 5.73 Å². The molecular weight excluding hydrogens is 258 g/mol. The molecule has 1 fully saturated rings. The number of rotatable bonds is 1. The molecule has 0 bridgehead atoms. The first-order valence-corrected chi connectivity index (χ1v) is 8.06. The Bertz CT molecular complexity index is 668. The highest BCUT2D eigenvalue weighted by Gasteiger charge is 2.37. The van der Waals surface area contributed by atoms with Crippen molar-refractivity contribution in [1.29, 1.82) is 0 Å². The molecule has 2 heteroatoms. The molecule has 0 heterocycles. The van der Waals surface area contributed by atoms with Gasteiger partial charge < -0.3 is 5.73 Å². The number of fused-ring (bicyclic) bond motifs is 3. The van der Waals surface area contributed by atoms with E-state index in [-0.39, 0.29) is 5.91 Å². The van der Waals surface area contributed by atoms with E-state index in [2.05, 4.69) is 30.3 Å². The Morgan fingerprint density at radius 2 is 2.00 bits per heavy atom. The minimum absolute atomic E-state index is 0.216. The Balaban J connectivity index is 1.88. The van der Waals surface area contributed by atoms with E-state index in [1.165, 1.54) is 48.0 Å². The van der Waals surface area contributed by atoms with Gasteiger partial charge in [0.15, 0.2) is 0 Å². The van der Waals surface area contributed by atoms with Crippen LogP contribution in [-0.4, -0.2) is 5.91 Å². The molecule has 4 rings (SSSR count). The van der Waals surface area contributed by atoms with Gasteiger partial charge in [-0.1, -0.05) is 42.3 Å². The van der Waals surface area contributed by atoms with Crippen molar-refractivity contribution in [1.82, 2.24) is 0 Å². The summed E-state index contributed by atoms with van der Waals surface area (Å²) in [6.07, 6.45) is 9.28. The van der Waals surface area contributed by atoms with Gasteiger partial charge in [0.1, 0.15) is 0 Å². The number of carbonyl (C=O) groups excluding carboxylic acids is 1. The number of allylic oxidation sites excluding steroid dienone is 1. The fourth-order valence-electron chi connectivity index (χ4n) is 4.51. The molecule has 2 N–H and O–H groups in total. The van der Waals surface area contributed by atoms with Gasteiger partial charge in [-0.25, -0.2) is 0 Å². The van der Waals surface area contributed by atoms with Crippen molar-refractivity contribution in [3.63, 3.8) is 0 Å². The number of benzene rings is 1. The van der Waals surface area contributed by atoms with Gasteiger partial charge in [0.05, 0.1) is 0 Å². The standard InChI is InChI=1S/C19H21NO/c20-19(21)18-16-8-4-3-7-14(16)10-15-9-12-5-1-2-6-13(12)11-17(15)18/h1-2,5-6,11,14-15H,3-4,7-10H2,(H2,20,21). The van der Waals surface area contributed by atoms with Crippen molar-refractivity contribution in [2.45, 2.75) is 38.5 Å². The van der Waals surface area contributed by atoms with E-state index in [9.17, 15) is 4.79 Å². The van der Waals surface area contributed by atoms with Crippen LogP contribution in [0.2, 0.25) is 0 Å². The molecule has 0 aromatic heterocycles. The molecule has 1 amide bonds. The van der Waals surface area contributed by atoms with Gasteiger partial charge >= 0.3 is 0 Å². The van der Waals surface area contributed by atoms with Gasteiger partial charge in [0.2, 0.25) is 5.91 Å². The van der Waals surface area contributed by atoms with Crippen molar-refractivity contribution in [2.24, 2.45) is 17.6 Å². The SMILES string of the molecule is NC(=O)C1=C2CCCCC2CC2Cc3ccccc3C=C12. The van der Waals surface area contributed by atoms with Crippen molar-refractivity contribution < 1.29 is 4.79 Å². The molecule has 0 spiro atoms. The summed E-state index contributed by atoms with van der Waals surface area (Å²) >= 11 is 0. The fourth-order valence-corrected chi connectivity index (χ4v) is 4.51. The molecular formula is C19H21NO. The van der Waals surface area contributed by atoms with Crippen LogP contribution in [0.15, 0.2) is 41.0 Å². The van der Waals surface area contributed by atoms with Gasteiger partial charge in [-0.3, -0.25) is 4.79 Å². The molecule has 2 unspecified atom stereocenters. The summed E-state index contributed by atoms with van der Waals surface area (Å²) in [5.41, 5.74) is 11.9. The average Bonchev–Trinajstić information content (AvgIpc) is 2.50. The van der Waals surface area contributed by atoms with Crippen LogP contribution < -0.4 is 5.73 Å². The van der Waals surface area contributed by atoms with Crippen LogP contribution in [0.25, 0.3) is 6.08 Å². The Morgan fingerprint density at radius 1 is 1.14 bits per heavy atom. The molecule has 2 nitrogen and oxygen atoms in total. The lowest BCUT2D eigenvalue weighted by Crippen LogP contribution is -2.32. The molecule has 1 saturated carbocycles. The van der Waals surface area contributed by atoms with E-state index in [0.717, 1.165) is 18.4 Å². The largest absolute Gasteiger partial charge is 0.366 e. The number of carbonyl (C=O) groups is 1. The smallest absolute Gasteiger partial charge is 0.248 e. The van der Waals surface area contributed by atoms with E-state index < -0.39 is 0 Å². The van der Waals surface area contributed by atoms with Crippen molar-refractivity contribution in [3.8, 4) is 0 Å². The molecule has 1 aromatic carbocycles. The quantitative estimate of drug-likeness (QED) is 0.838. The molecule has 1 aromatic rings. The van der Waals surface area contributed by atoms with Gasteiger partial charge in [0, 0.05) is 5.57 Å². The molecule has 3 aliphatic rings. The lowest BCUT2D eigenvalue weighted by atomic mass is 9.65. The van der Waals surface area contributed by atoms with Crippen LogP contribution in [-0.2, 0) is 11.2 Å². The second-order valence-corrected chi connectivity index (χ2v) is 6.64. The molecule has 0 radical (unpaired) electrons. The van der Waals surface area contributed by atoms with E-state index in [1.807, 2.05) is 0 Å². The van der Waals surface area contributed by atoms with Gasteiger partial charge in [0.25, 0.3) is 0 Å². The third kappa shape index (κ3) is 2.05. The zero-order valence-electron chi connectivity index (χ0n) is 12.3. The summed E-state index contributed by atoms with van der Waals surface area (Å²) in [7, 11) is 0. The van der Waals surface area contributed by atoms with Gasteiger partial charge in [-0.15, -0.1) is 0 Å². The molecule has 0 saturated heterocycles. The summed E-state index contributed by atoms with van der Waals surface area (Å²) in [6, 6.07) is 8.54. The Labute approximate surface area is 125 Å². The zero-order valence-corrected chi connectivity index (χ0v) is 12.3. The first-order valence-electron chi connectivity index (χ1n) is 8.06. The van der Waals surface area contributed by atoms with Crippen molar-refractivity contribution >= 4 is 12.0 Å². The number of hydrogen-bond acceptors (Lipinski definition) is 1. The van der Waals surface area contributed by atoms with Crippen molar-refractivity contribution in [3.05, 3.63) is 52.1 Å². The number of primary amides is 1. The normalized spacial score (nSPS) is 27.3. The highest BCUT2D eigenvalue weighted by molar-refractivity contribution is 6.00. The Hall–Kier alpha value is -1.83. The summed E-state index contributed by atoms with van der Waals surface area (Å²) in [4.78, 5) is 12.1. The molecule has 2 atom stereocenters.